The zero-order valence-corrected chi connectivity index (χ0v) is 10.8. The van der Waals surface area contributed by atoms with Crippen molar-refractivity contribution < 1.29 is 9.47 Å². The molecule has 0 aliphatic heterocycles. The standard InChI is InChI=1S/C17H17O2/c1-2-6-14(7-3-1)12-18-16-8-4-5-9-17(16)19-13-15-10-11-15/h1-8,15H,10-13H2. The van der Waals surface area contributed by atoms with Crippen LogP contribution in [0.5, 0.6) is 11.5 Å². The van der Waals surface area contributed by atoms with Crippen LogP contribution in [0.15, 0.2) is 48.5 Å². The predicted molar refractivity (Wildman–Crippen MR) is 74.3 cm³/mol. The average Bonchev–Trinajstić information content (AvgIpc) is 3.29. The summed E-state index contributed by atoms with van der Waals surface area (Å²) in [6, 6.07) is 19.0. The van der Waals surface area contributed by atoms with E-state index in [1.165, 1.54) is 12.8 Å². The lowest BCUT2D eigenvalue weighted by atomic mass is 10.2. The molecular formula is C17H17O2. The minimum absolute atomic E-state index is 0.554. The summed E-state index contributed by atoms with van der Waals surface area (Å²) in [5.41, 5.74) is 1.15. The molecule has 19 heavy (non-hydrogen) atoms. The second kappa shape index (κ2) is 5.79. The highest BCUT2D eigenvalue weighted by Gasteiger charge is 2.22. The fourth-order valence-corrected chi connectivity index (χ4v) is 1.85. The smallest absolute Gasteiger partial charge is 0.169 e. The highest BCUT2D eigenvalue weighted by Crippen LogP contribution is 2.32. The second-order valence-electron chi connectivity index (χ2n) is 4.89. The summed E-state index contributed by atoms with van der Waals surface area (Å²) in [6.45, 7) is 1.33. The van der Waals surface area contributed by atoms with Gasteiger partial charge in [0.25, 0.3) is 0 Å². The molecule has 0 aromatic heterocycles. The summed E-state index contributed by atoms with van der Waals surface area (Å²) in [6.07, 6.45) is 2.57. The van der Waals surface area contributed by atoms with E-state index in [2.05, 4.69) is 18.2 Å². The molecule has 2 aromatic carbocycles. The van der Waals surface area contributed by atoms with Crippen molar-refractivity contribution in [3.05, 3.63) is 60.2 Å². The highest BCUT2D eigenvalue weighted by molar-refractivity contribution is 5.38. The average molecular weight is 253 g/mol. The van der Waals surface area contributed by atoms with Gasteiger partial charge in [0.1, 0.15) is 6.61 Å². The monoisotopic (exact) mass is 253 g/mol. The molecule has 2 nitrogen and oxygen atoms in total. The molecule has 1 aliphatic rings. The lowest BCUT2D eigenvalue weighted by Gasteiger charge is -2.12. The van der Waals surface area contributed by atoms with Crippen LogP contribution in [0.25, 0.3) is 0 Å². The molecular weight excluding hydrogens is 236 g/mol. The minimum atomic E-state index is 0.554. The van der Waals surface area contributed by atoms with E-state index >= 15 is 0 Å². The SMILES string of the molecule is [c]1cccc(OCc2ccccc2)c1OCC1CC1. The Balaban J connectivity index is 1.62. The Bertz CT molecular complexity index is 518. The maximum absolute atomic E-state index is 5.82. The molecule has 3 rings (SSSR count). The fourth-order valence-electron chi connectivity index (χ4n) is 1.85. The van der Waals surface area contributed by atoms with E-state index in [4.69, 9.17) is 9.47 Å². The maximum Gasteiger partial charge on any atom is 0.169 e. The van der Waals surface area contributed by atoms with Crippen LogP contribution in [0.4, 0.5) is 0 Å². The minimum Gasteiger partial charge on any atom is -0.489 e. The second-order valence-corrected chi connectivity index (χ2v) is 4.89. The van der Waals surface area contributed by atoms with E-state index < -0.39 is 0 Å². The van der Waals surface area contributed by atoms with Crippen molar-refractivity contribution in [1.29, 1.82) is 0 Å². The molecule has 0 saturated heterocycles. The maximum atomic E-state index is 5.82. The molecule has 0 bridgehead atoms. The number of rotatable bonds is 6. The lowest BCUT2D eigenvalue weighted by Crippen LogP contribution is -2.02. The Hall–Kier alpha value is -1.96. The van der Waals surface area contributed by atoms with E-state index in [0.29, 0.717) is 6.61 Å². The summed E-state index contributed by atoms with van der Waals surface area (Å²) in [7, 11) is 0. The van der Waals surface area contributed by atoms with Crippen molar-refractivity contribution in [3.63, 3.8) is 0 Å². The van der Waals surface area contributed by atoms with Crippen molar-refractivity contribution in [3.8, 4) is 11.5 Å². The van der Waals surface area contributed by atoms with Gasteiger partial charge >= 0.3 is 0 Å². The predicted octanol–water partition coefficient (Wildman–Crippen LogP) is 3.85. The van der Waals surface area contributed by atoms with Crippen LogP contribution in [0.2, 0.25) is 0 Å². The molecule has 0 spiro atoms. The third-order valence-corrected chi connectivity index (χ3v) is 3.18. The first kappa shape index (κ1) is 12.1. The van der Waals surface area contributed by atoms with Crippen LogP contribution in [-0.2, 0) is 6.61 Å². The van der Waals surface area contributed by atoms with E-state index in [1.54, 1.807) is 0 Å². The van der Waals surface area contributed by atoms with Crippen LogP contribution in [0.3, 0.4) is 0 Å². The van der Waals surface area contributed by atoms with Crippen LogP contribution in [0, 0.1) is 12.0 Å². The van der Waals surface area contributed by atoms with Gasteiger partial charge in [-0.3, -0.25) is 0 Å². The highest BCUT2D eigenvalue weighted by atomic mass is 16.5. The Morgan fingerprint density at radius 2 is 1.84 bits per heavy atom. The molecule has 1 radical (unpaired) electrons. The van der Waals surface area contributed by atoms with Gasteiger partial charge in [-0.15, -0.1) is 0 Å². The first-order chi connectivity index (χ1) is 9.42. The first-order valence-electron chi connectivity index (χ1n) is 6.72. The van der Waals surface area contributed by atoms with E-state index in [-0.39, 0.29) is 0 Å². The molecule has 0 amide bonds. The van der Waals surface area contributed by atoms with E-state index in [1.807, 2.05) is 36.4 Å². The first-order valence-corrected chi connectivity index (χ1v) is 6.72. The van der Waals surface area contributed by atoms with Gasteiger partial charge in [0.05, 0.1) is 6.61 Å². The Labute approximate surface area is 114 Å². The summed E-state index contributed by atoms with van der Waals surface area (Å²) < 4.78 is 11.6. The quantitative estimate of drug-likeness (QED) is 0.778. The number of ether oxygens (including phenoxy) is 2. The van der Waals surface area contributed by atoms with Crippen molar-refractivity contribution in [1.82, 2.24) is 0 Å². The van der Waals surface area contributed by atoms with Gasteiger partial charge < -0.3 is 9.47 Å². The summed E-state index contributed by atoms with van der Waals surface area (Å²) in [4.78, 5) is 0. The van der Waals surface area contributed by atoms with Gasteiger partial charge in [-0.2, -0.15) is 0 Å². The fraction of sp³-hybridized carbons (Fsp3) is 0.294. The molecule has 2 heteroatoms. The van der Waals surface area contributed by atoms with Crippen LogP contribution in [-0.4, -0.2) is 6.61 Å². The molecule has 0 N–H and O–H groups in total. The van der Waals surface area contributed by atoms with E-state index in [9.17, 15) is 0 Å². The van der Waals surface area contributed by atoms with Crippen molar-refractivity contribution >= 4 is 0 Å². The van der Waals surface area contributed by atoms with Gasteiger partial charge in [0.2, 0.25) is 0 Å². The van der Waals surface area contributed by atoms with Crippen LogP contribution >= 0.6 is 0 Å². The third-order valence-electron chi connectivity index (χ3n) is 3.18. The topological polar surface area (TPSA) is 18.5 Å². The lowest BCUT2D eigenvalue weighted by molar-refractivity contribution is 0.254. The van der Waals surface area contributed by atoms with Crippen LogP contribution < -0.4 is 9.47 Å². The third kappa shape index (κ3) is 3.50. The summed E-state index contributed by atoms with van der Waals surface area (Å²) >= 11 is 0. The Kier molecular flexibility index (Phi) is 3.68. The van der Waals surface area contributed by atoms with Gasteiger partial charge in [0.15, 0.2) is 11.5 Å². The largest absolute Gasteiger partial charge is 0.489 e. The van der Waals surface area contributed by atoms with Gasteiger partial charge in [-0.25, -0.2) is 0 Å². The normalized spacial score (nSPS) is 14.1. The van der Waals surface area contributed by atoms with Gasteiger partial charge in [-0.05, 0) is 30.4 Å². The Morgan fingerprint density at radius 3 is 2.63 bits per heavy atom. The molecule has 1 fully saturated rings. The molecule has 1 aliphatic carbocycles. The molecule has 1 saturated carbocycles. The molecule has 0 unspecified atom stereocenters. The zero-order chi connectivity index (χ0) is 12.9. The molecule has 97 valence electrons. The summed E-state index contributed by atoms with van der Waals surface area (Å²) in [5, 5.41) is 0. The summed E-state index contributed by atoms with van der Waals surface area (Å²) in [5.74, 6) is 2.23. The number of para-hydroxylation sites is 1. The van der Waals surface area contributed by atoms with Crippen molar-refractivity contribution in [2.75, 3.05) is 6.61 Å². The van der Waals surface area contributed by atoms with Crippen LogP contribution in [0.1, 0.15) is 18.4 Å². The van der Waals surface area contributed by atoms with Crippen molar-refractivity contribution in [2.45, 2.75) is 19.4 Å². The van der Waals surface area contributed by atoms with Gasteiger partial charge in [0, 0.05) is 6.07 Å². The number of hydrogen-bond donors (Lipinski definition) is 0. The van der Waals surface area contributed by atoms with Gasteiger partial charge in [-0.1, -0.05) is 42.5 Å². The molecule has 0 heterocycles. The van der Waals surface area contributed by atoms with E-state index in [0.717, 1.165) is 29.6 Å². The zero-order valence-electron chi connectivity index (χ0n) is 10.8. The van der Waals surface area contributed by atoms with Crippen molar-refractivity contribution in [2.24, 2.45) is 5.92 Å². The number of hydrogen-bond acceptors (Lipinski definition) is 2. The Morgan fingerprint density at radius 1 is 1.00 bits per heavy atom. The molecule has 0 atom stereocenters. The molecule has 2 aromatic rings. The number of benzene rings is 2.